The van der Waals surface area contributed by atoms with E-state index in [4.69, 9.17) is 163 Å². The van der Waals surface area contributed by atoms with E-state index in [1.54, 1.807) is 158 Å². The van der Waals surface area contributed by atoms with Crippen molar-refractivity contribution in [2.45, 2.75) is 13.8 Å². The molecule has 0 unspecified atom stereocenters. The topological polar surface area (TPSA) is 80.3 Å². The number of hydrogen-bond acceptors (Lipinski definition) is 7. The van der Waals surface area contributed by atoms with E-state index in [2.05, 4.69) is 6.58 Å². The summed E-state index contributed by atoms with van der Waals surface area (Å²) < 4.78 is 28.2. The van der Waals surface area contributed by atoms with E-state index in [0.29, 0.717) is 106 Å². The molecule has 0 aromatic heterocycles. The maximum Gasteiger partial charge on any atom is 0.163 e. The van der Waals surface area contributed by atoms with E-state index in [0.717, 1.165) is 39.7 Å². The van der Waals surface area contributed by atoms with Crippen molar-refractivity contribution in [3.05, 3.63) is 295 Å². The first-order valence-corrected chi connectivity index (χ1v) is 29.3. The molecule has 0 aliphatic carbocycles. The molecule has 0 radical (unpaired) electrons. The van der Waals surface area contributed by atoms with Gasteiger partial charge in [-0.05, 0) is 226 Å². The zero-order valence-electron chi connectivity index (χ0n) is 44.2. The zero-order chi connectivity index (χ0) is 61.3. The lowest BCUT2D eigenvalue weighted by Crippen LogP contribution is -2.01. The molecule has 0 bridgehead atoms. The summed E-state index contributed by atoms with van der Waals surface area (Å²) >= 11 is 70.4. The SMILES string of the molecule is C=C1c2cc(Cl)ccc2Oc2ccc(Cl)cc21.CC(=O)c1cc(Cl)ccc1Oc1ccc(Cl)cc1.CC(=O)c1cc(Cl)ccc1Oc1ccc(Cl)cc1Cl.Clc1ccc(Oc2ccc(Cl)cc2)cc1.Clc1ccc(Oc2ccc(Cl)cc2Cl)cc1. The summed E-state index contributed by atoms with van der Waals surface area (Å²) in [5.74, 6) is 5.98. The molecule has 1 heterocycles. The van der Waals surface area contributed by atoms with Gasteiger partial charge in [0, 0.05) is 61.4 Å². The molecule has 0 N–H and O–H groups in total. The molecule has 0 spiro atoms. The highest BCUT2D eigenvalue weighted by Gasteiger charge is 2.21. The lowest BCUT2D eigenvalue weighted by molar-refractivity contribution is 0.100. The second-order valence-corrected chi connectivity index (χ2v) is 22.8. The Labute approximate surface area is 551 Å². The first-order valence-electron chi connectivity index (χ1n) is 24.8. The molecule has 0 fully saturated rings. The molecular weight excluding hydrogens is 1330 g/mol. The quantitative estimate of drug-likeness (QED) is 0.126. The van der Waals surface area contributed by atoms with Crippen LogP contribution in [0.4, 0.5) is 0 Å². The lowest BCUT2D eigenvalue weighted by Gasteiger charge is -2.22. The monoisotopic (exact) mass is 1370 g/mol. The fourth-order valence-corrected chi connectivity index (χ4v) is 9.37. The van der Waals surface area contributed by atoms with Crippen LogP contribution in [0.15, 0.2) is 213 Å². The number of halogens is 12. The third-order valence-electron chi connectivity index (χ3n) is 11.3. The molecule has 7 nitrogen and oxygen atoms in total. The fourth-order valence-electron chi connectivity index (χ4n) is 7.29. The first kappa shape index (κ1) is 66.3. The Morgan fingerprint density at radius 1 is 0.306 bits per heavy atom. The van der Waals surface area contributed by atoms with Gasteiger partial charge < -0.3 is 23.7 Å². The van der Waals surface area contributed by atoms with E-state index >= 15 is 0 Å². The number of Topliss-reactive ketones (excluding diaryl/α,β-unsaturated/α-hetero) is 2. The van der Waals surface area contributed by atoms with Crippen molar-refractivity contribution in [2.24, 2.45) is 0 Å². The minimum absolute atomic E-state index is 0.0959. The molecule has 85 heavy (non-hydrogen) atoms. The van der Waals surface area contributed by atoms with Crippen LogP contribution in [0.5, 0.6) is 57.5 Å². The van der Waals surface area contributed by atoms with Crippen molar-refractivity contribution in [3.8, 4) is 57.5 Å². The van der Waals surface area contributed by atoms with Gasteiger partial charge >= 0.3 is 0 Å². The Balaban J connectivity index is 0.000000153. The minimum Gasteiger partial charge on any atom is -0.457 e. The number of ketones is 2. The Morgan fingerprint density at radius 3 is 0.906 bits per heavy atom. The van der Waals surface area contributed by atoms with Crippen molar-refractivity contribution >= 4 is 156 Å². The van der Waals surface area contributed by atoms with Gasteiger partial charge in [-0.25, -0.2) is 0 Å². The first-order chi connectivity index (χ1) is 40.6. The van der Waals surface area contributed by atoms with Crippen LogP contribution in [0.2, 0.25) is 60.3 Å². The van der Waals surface area contributed by atoms with Gasteiger partial charge in [-0.3, -0.25) is 9.59 Å². The average Bonchev–Trinajstić information content (AvgIpc) is 2.37. The summed E-state index contributed by atoms with van der Waals surface area (Å²) in [6, 6.07) is 59.1. The van der Waals surface area contributed by atoms with E-state index in [1.165, 1.54) is 13.8 Å². The Bertz CT molecular complexity index is 3880. The van der Waals surface area contributed by atoms with Gasteiger partial charge in [0.1, 0.15) is 57.5 Å². The minimum atomic E-state index is -0.136. The van der Waals surface area contributed by atoms with Gasteiger partial charge in [-0.2, -0.15) is 0 Å². The number of ether oxygens (including phenoxy) is 5. The van der Waals surface area contributed by atoms with Crippen LogP contribution in [0.25, 0.3) is 5.57 Å². The summed E-state index contributed by atoms with van der Waals surface area (Å²) in [7, 11) is 0. The van der Waals surface area contributed by atoms with Crippen molar-refractivity contribution < 1.29 is 33.3 Å². The van der Waals surface area contributed by atoms with Crippen molar-refractivity contribution in [1.82, 2.24) is 0 Å². The summed E-state index contributed by atoms with van der Waals surface area (Å²) in [4.78, 5) is 23.1. The fraction of sp³-hybridized carbons (Fsp3) is 0.0303. The third kappa shape index (κ3) is 20.4. The number of fused-ring (bicyclic) bond motifs is 2. The highest BCUT2D eigenvalue weighted by molar-refractivity contribution is 6.37. The molecule has 10 aromatic rings. The van der Waals surface area contributed by atoms with E-state index in [1.807, 2.05) is 48.5 Å². The van der Waals surface area contributed by atoms with Crippen LogP contribution in [0.3, 0.4) is 0 Å². The molecule has 0 saturated carbocycles. The van der Waals surface area contributed by atoms with Gasteiger partial charge in [0.25, 0.3) is 0 Å². The van der Waals surface area contributed by atoms with Crippen LogP contribution >= 0.6 is 139 Å². The molecule has 10 aromatic carbocycles. The lowest BCUT2D eigenvalue weighted by atomic mass is 9.95. The van der Waals surface area contributed by atoms with E-state index in [9.17, 15) is 9.59 Å². The predicted molar refractivity (Wildman–Crippen MR) is 353 cm³/mol. The zero-order valence-corrected chi connectivity index (χ0v) is 53.3. The van der Waals surface area contributed by atoms with Gasteiger partial charge in [0.15, 0.2) is 11.6 Å². The van der Waals surface area contributed by atoms with Crippen LogP contribution in [0, 0.1) is 0 Å². The molecule has 19 heteroatoms. The highest BCUT2D eigenvalue weighted by atomic mass is 35.5. The Hall–Kier alpha value is -6.24. The molecule has 0 atom stereocenters. The largest absolute Gasteiger partial charge is 0.457 e. The molecule has 0 saturated heterocycles. The second-order valence-electron chi connectivity index (χ2n) is 17.6. The number of carbonyl (C=O) groups excluding carboxylic acids is 2. The number of benzene rings is 10. The molecular formula is C66H42Cl12O7. The van der Waals surface area contributed by atoms with E-state index < -0.39 is 0 Å². The summed E-state index contributed by atoms with van der Waals surface area (Å²) in [6.45, 7) is 7.00. The van der Waals surface area contributed by atoms with Crippen molar-refractivity contribution in [2.75, 3.05) is 0 Å². The third-order valence-corrected chi connectivity index (χ3v) is 14.4. The normalized spacial score (nSPS) is 10.7. The predicted octanol–water partition coefficient (Wildman–Crippen LogP) is 26.0. The molecule has 1 aliphatic heterocycles. The van der Waals surface area contributed by atoms with Crippen molar-refractivity contribution in [1.29, 1.82) is 0 Å². The average molecular weight is 1370 g/mol. The van der Waals surface area contributed by atoms with Gasteiger partial charge in [-0.15, -0.1) is 0 Å². The molecule has 0 amide bonds. The summed E-state index contributed by atoms with van der Waals surface area (Å²) in [6.07, 6.45) is 0. The maximum atomic E-state index is 11.6. The number of carbonyl (C=O) groups is 2. The van der Waals surface area contributed by atoms with Crippen LogP contribution < -0.4 is 23.7 Å². The molecule has 432 valence electrons. The smallest absolute Gasteiger partial charge is 0.163 e. The summed E-state index contributed by atoms with van der Waals surface area (Å²) in [5, 5.41) is 6.92. The number of hydrogen-bond donors (Lipinski definition) is 0. The Morgan fingerprint density at radius 2 is 0.565 bits per heavy atom. The van der Waals surface area contributed by atoms with Gasteiger partial charge in [0.05, 0.1) is 21.2 Å². The van der Waals surface area contributed by atoms with Crippen LogP contribution in [-0.4, -0.2) is 11.6 Å². The van der Waals surface area contributed by atoms with Gasteiger partial charge in [0.2, 0.25) is 0 Å². The highest BCUT2D eigenvalue weighted by Crippen LogP contribution is 2.45. The number of rotatable bonds is 10. The van der Waals surface area contributed by atoms with Crippen LogP contribution in [-0.2, 0) is 0 Å². The van der Waals surface area contributed by atoms with E-state index in [-0.39, 0.29) is 11.6 Å². The second kappa shape index (κ2) is 31.9. The summed E-state index contributed by atoms with van der Waals surface area (Å²) in [5.41, 5.74) is 3.56. The molecule has 11 rings (SSSR count). The molecule has 1 aliphatic rings. The van der Waals surface area contributed by atoms with Crippen LogP contribution in [0.1, 0.15) is 45.7 Å². The van der Waals surface area contributed by atoms with Gasteiger partial charge in [-0.1, -0.05) is 146 Å². The standard InChI is InChI=1S/C14H9Cl3O2.C14H10Cl2O2.C14H8Cl2O.C12H7Cl3O.C12H8Cl2O/c1-8(18)11-6-9(15)2-4-13(11)19-14-5-3-10(16)7-12(14)17;1-9(17)13-8-11(16)4-7-14(13)18-12-5-2-10(15)3-6-12;1-8-11-6-9(15)2-4-13(11)17-14-5-3-10(16)7-12(8)14;13-8-1-4-10(5-2-8)16-12-6-3-9(14)7-11(12)15;13-9-1-5-11(6-2-9)15-12-7-3-10(14)4-8-12/h2-7H,1H3;2-8H,1H3;2-7H,1H2;1-7H;1-8H. The Kier molecular flexibility index (Phi) is 24.9. The maximum absolute atomic E-state index is 11.6. The van der Waals surface area contributed by atoms with Crippen molar-refractivity contribution in [3.63, 3.8) is 0 Å².